The highest BCUT2D eigenvalue weighted by molar-refractivity contribution is 7.89. The number of nitrogens with one attached hydrogen (secondary N) is 2. The molecule has 4 unspecified atom stereocenters. The van der Waals surface area contributed by atoms with Crippen molar-refractivity contribution in [1.82, 2.24) is 9.62 Å². The Bertz CT molecular complexity index is 1070. The first-order valence-electron chi connectivity index (χ1n) is 12.0. The molecule has 2 aliphatic rings. The van der Waals surface area contributed by atoms with Crippen molar-refractivity contribution in [3.8, 4) is 0 Å². The van der Waals surface area contributed by atoms with Crippen LogP contribution in [0.2, 0.25) is 0 Å². The lowest BCUT2D eigenvalue weighted by Gasteiger charge is -2.38. The number of likely N-dealkylation sites (tertiary alicyclic amines) is 1. The van der Waals surface area contributed by atoms with E-state index < -0.39 is 34.0 Å². The fourth-order valence-electron chi connectivity index (χ4n) is 4.77. The van der Waals surface area contributed by atoms with Gasteiger partial charge < -0.3 is 26.8 Å². The molecular weight excluding hydrogens is 472 g/mol. The summed E-state index contributed by atoms with van der Waals surface area (Å²) in [6.45, 7) is 5.10. The van der Waals surface area contributed by atoms with E-state index in [9.17, 15) is 23.1 Å². The van der Waals surface area contributed by atoms with Crippen LogP contribution in [0.15, 0.2) is 28.1 Å². The second-order valence-corrected chi connectivity index (χ2v) is 11.2. The van der Waals surface area contributed by atoms with Crippen LogP contribution in [0.4, 0.5) is 5.69 Å². The van der Waals surface area contributed by atoms with E-state index in [0.717, 1.165) is 12.0 Å². The highest BCUT2D eigenvalue weighted by Gasteiger charge is 2.39. The van der Waals surface area contributed by atoms with Gasteiger partial charge in [-0.25, -0.2) is 13.2 Å². The zero-order chi connectivity index (χ0) is 25.8. The van der Waals surface area contributed by atoms with Gasteiger partial charge in [0.15, 0.2) is 5.96 Å². The Kier molecular flexibility index (Phi) is 8.60. The van der Waals surface area contributed by atoms with Crippen LogP contribution in [-0.2, 0) is 19.6 Å². The summed E-state index contributed by atoms with van der Waals surface area (Å²) in [6, 6.07) is 2.95. The number of sulfonamides is 1. The maximum absolute atomic E-state index is 13.5. The number of carbonyl (C=O) groups is 2. The molecule has 3 rings (SSSR count). The standard InChI is InChI=1S/C23H36N6O5S/c1-14-9-12-29(18(13-14)22(31)32)21(30)17(6-4-10-27-23(24)25)28-35(33,34)19-7-3-5-16-15(2)8-11-26-20(16)19/h3,5,7,14-15,17-18,26,28H,4,6,8-13H2,1-2H3,(H,31,32)(H4,24,25,27). The largest absolute Gasteiger partial charge is 0.480 e. The minimum atomic E-state index is -4.10. The van der Waals surface area contributed by atoms with Gasteiger partial charge in [0.1, 0.15) is 17.0 Å². The second-order valence-electron chi connectivity index (χ2n) is 9.47. The molecule has 12 heteroatoms. The van der Waals surface area contributed by atoms with Gasteiger partial charge in [-0.05, 0) is 55.6 Å². The number of fused-ring (bicyclic) bond motifs is 1. The number of rotatable bonds is 9. The number of carboxylic acid groups (broad SMARTS) is 1. The number of hydrogen-bond acceptors (Lipinski definition) is 6. The summed E-state index contributed by atoms with van der Waals surface area (Å²) in [5.41, 5.74) is 12.2. The molecule has 2 aliphatic heterocycles. The van der Waals surface area contributed by atoms with Gasteiger partial charge in [0, 0.05) is 19.6 Å². The SMILES string of the molecule is CC1CCN(C(=O)C(CCCN=C(N)N)NS(=O)(=O)c2cccc3c2NCCC3C)C(C(=O)O)C1. The Morgan fingerprint density at radius 3 is 2.71 bits per heavy atom. The third kappa shape index (κ3) is 6.43. The van der Waals surface area contributed by atoms with Crippen LogP contribution in [0.5, 0.6) is 0 Å². The highest BCUT2D eigenvalue weighted by atomic mass is 32.2. The number of amides is 1. The maximum Gasteiger partial charge on any atom is 0.326 e. The number of aliphatic carboxylic acids is 1. The number of piperidine rings is 1. The number of nitrogens with zero attached hydrogens (tertiary/aromatic N) is 2. The molecule has 1 aromatic carbocycles. The average Bonchev–Trinajstić information content (AvgIpc) is 2.80. The lowest BCUT2D eigenvalue weighted by molar-refractivity contribution is -0.153. The van der Waals surface area contributed by atoms with Crippen molar-refractivity contribution in [3.63, 3.8) is 0 Å². The van der Waals surface area contributed by atoms with Crippen LogP contribution >= 0.6 is 0 Å². The van der Waals surface area contributed by atoms with E-state index in [1.165, 1.54) is 11.0 Å². The topological polar surface area (TPSA) is 180 Å². The minimum Gasteiger partial charge on any atom is -0.480 e. The molecule has 0 saturated carbocycles. The molecule has 1 amide bonds. The molecule has 0 radical (unpaired) electrons. The first-order chi connectivity index (χ1) is 16.5. The van der Waals surface area contributed by atoms with Crippen LogP contribution in [-0.4, -0.2) is 68.0 Å². The van der Waals surface area contributed by atoms with E-state index >= 15 is 0 Å². The molecule has 1 aromatic rings. The Morgan fingerprint density at radius 2 is 2.03 bits per heavy atom. The van der Waals surface area contributed by atoms with Gasteiger partial charge in [0.05, 0.1) is 5.69 Å². The number of anilines is 1. The zero-order valence-electron chi connectivity index (χ0n) is 20.2. The van der Waals surface area contributed by atoms with Crippen LogP contribution in [0, 0.1) is 5.92 Å². The van der Waals surface area contributed by atoms with E-state index in [1.807, 2.05) is 19.9 Å². The number of carboxylic acids is 1. The molecule has 11 nitrogen and oxygen atoms in total. The van der Waals surface area contributed by atoms with Crippen molar-refractivity contribution in [2.45, 2.75) is 68.8 Å². The Balaban J connectivity index is 1.89. The first-order valence-corrected chi connectivity index (χ1v) is 13.5. The van der Waals surface area contributed by atoms with Crippen LogP contribution < -0.4 is 21.5 Å². The normalized spacial score (nSPS) is 23.0. The summed E-state index contributed by atoms with van der Waals surface area (Å²) in [5, 5.41) is 12.9. The van der Waals surface area contributed by atoms with Gasteiger partial charge >= 0.3 is 5.97 Å². The second kappa shape index (κ2) is 11.3. The van der Waals surface area contributed by atoms with Crippen LogP contribution in [0.3, 0.4) is 0 Å². The van der Waals surface area contributed by atoms with Crippen molar-refractivity contribution < 1.29 is 23.1 Å². The molecule has 2 heterocycles. The van der Waals surface area contributed by atoms with E-state index in [4.69, 9.17) is 11.5 Å². The number of aliphatic imine (C=N–C) groups is 1. The third-order valence-electron chi connectivity index (χ3n) is 6.73. The van der Waals surface area contributed by atoms with Gasteiger partial charge in [0.25, 0.3) is 0 Å². The first kappa shape index (κ1) is 26.7. The third-order valence-corrected chi connectivity index (χ3v) is 8.25. The minimum absolute atomic E-state index is 0.0747. The van der Waals surface area contributed by atoms with Crippen molar-refractivity contribution in [1.29, 1.82) is 0 Å². The van der Waals surface area contributed by atoms with E-state index in [-0.39, 0.29) is 42.2 Å². The lowest BCUT2D eigenvalue weighted by atomic mass is 9.91. The van der Waals surface area contributed by atoms with Crippen molar-refractivity contribution in [2.24, 2.45) is 22.4 Å². The molecule has 4 atom stereocenters. The van der Waals surface area contributed by atoms with Crippen LogP contribution in [0.1, 0.15) is 57.4 Å². The fourth-order valence-corrected chi connectivity index (χ4v) is 6.20. The molecule has 0 aliphatic carbocycles. The smallest absolute Gasteiger partial charge is 0.326 e. The van der Waals surface area contributed by atoms with E-state index in [2.05, 4.69) is 15.0 Å². The van der Waals surface area contributed by atoms with Gasteiger partial charge in [-0.3, -0.25) is 9.79 Å². The van der Waals surface area contributed by atoms with Gasteiger partial charge in [-0.1, -0.05) is 26.0 Å². The van der Waals surface area contributed by atoms with Gasteiger partial charge in [-0.15, -0.1) is 0 Å². The van der Waals surface area contributed by atoms with Crippen molar-refractivity contribution in [2.75, 3.05) is 25.0 Å². The predicted octanol–water partition coefficient (Wildman–Crippen LogP) is 1.02. The van der Waals surface area contributed by atoms with Gasteiger partial charge in [-0.2, -0.15) is 4.72 Å². The molecule has 0 bridgehead atoms. The fraction of sp³-hybridized carbons (Fsp3) is 0.609. The number of benzene rings is 1. The number of para-hydroxylation sites is 1. The number of hydrogen-bond donors (Lipinski definition) is 5. The van der Waals surface area contributed by atoms with Gasteiger partial charge in [0.2, 0.25) is 15.9 Å². The summed E-state index contributed by atoms with van der Waals surface area (Å²) in [6.07, 6.45) is 2.31. The highest BCUT2D eigenvalue weighted by Crippen LogP contribution is 2.36. The summed E-state index contributed by atoms with van der Waals surface area (Å²) in [7, 11) is -4.10. The Hall–Kier alpha value is -2.86. The summed E-state index contributed by atoms with van der Waals surface area (Å²) >= 11 is 0. The molecule has 1 fully saturated rings. The molecule has 194 valence electrons. The average molecular weight is 509 g/mol. The quantitative estimate of drug-likeness (QED) is 0.186. The molecule has 7 N–H and O–H groups in total. The van der Waals surface area contributed by atoms with Crippen LogP contribution in [0.25, 0.3) is 0 Å². The summed E-state index contributed by atoms with van der Waals surface area (Å²) in [5.74, 6) is -1.39. The number of carbonyl (C=O) groups excluding carboxylic acids is 1. The van der Waals surface area contributed by atoms with Crippen molar-refractivity contribution >= 4 is 33.5 Å². The molecule has 1 saturated heterocycles. The lowest BCUT2D eigenvalue weighted by Crippen LogP contribution is -2.56. The number of guanidine groups is 1. The number of nitrogens with two attached hydrogens (primary N) is 2. The van der Waals surface area contributed by atoms with Crippen molar-refractivity contribution in [3.05, 3.63) is 23.8 Å². The van der Waals surface area contributed by atoms with E-state index in [1.54, 1.807) is 6.07 Å². The molecule has 0 aromatic heterocycles. The zero-order valence-corrected chi connectivity index (χ0v) is 21.1. The summed E-state index contributed by atoms with van der Waals surface area (Å²) < 4.78 is 29.6. The molecule has 35 heavy (non-hydrogen) atoms. The molecule has 0 spiro atoms. The summed E-state index contributed by atoms with van der Waals surface area (Å²) in [4.78, 5) is 30.7. The Labute approximate surface area is 206 Å². The maximum atomic E-state index is 13.5. The van der Waals surface area contributed by atoms with E-state index in [0.29, 0.717) is 31.5 Å². The predicted molar refractivity (Wildman–Crippen MR) is 134 cm³/mol. The monoisotopic (exact) mass is 508 g/mol. The molecular formula is C23H36N6O5S. The Morgan fingerprint density at radius 1 is 1.29 bits per heavy atom.